The van der Waals surface area contributed by atoms with Crippen molar-refractivity contribution in [1.82, 2.24) is 0 Å². The first-order valence-electron chi connectivity index (χ1n) is 5.82. The number of carbonyl (C=O) groups is 2. The van der Waals surface area contributed by atoms with Crippen molar-refractivity contribution in [3.63, 3.8) is 0 Å². The van der Waals surface area contributed by atoms with Gasteiger partial charge in [-0.15, -0.1) is 0 Å². The van der Waals surface area contributed by atoms with Crippen LogP contribution in [0.5, 0.6) is 0 Å². The number of rotatable bonds is 7. The standard InChI is InChI=1S/C12H20O5/c1-4-7-8-9-10(11(13)15-5-2)17-12(14)16-6-3/h8-10H,4-7H2,1-3H3/b9-8+/t10-/m1/s1. The summed E-state index contributed by atoms with van der Waals surface area (Å²) in [4.78, 5) is 22.6. The zero-order valence-corrected chi connectivity index (χ0v) is 10.6. The van der Waals surface area contributed by atoms with Crippen LogP contribution in [0.3, 0.4) is 0 Å². The molecule has 0 saturated heterocycles. The lowest BCUT2D eigenvalue weighted by molar-refractivity contribution is -0.151. The summed E-state index contributed by atoms with van der Waals surface area (Å²) in [6.45, 7) is 5.80. The van der Waals surface area contributed by atoms with Crippen LogP contribution in [0.2, 0.25) is 0 Å². The fourth-order valence-corrected chi connectivity index (χ4v) is 1.03. The predicted octanol–water partition coefficient (Wildman–Crippen LogP) is 2.45. The molecule has 0 aromatic rings. The number of hydrogen-bond acceptors (Lipinski definition) is 5. The van der Waals surface area contributed by atoms with Crippen molar-refractivity contribution in [3.8, 4) is 0 Å². The van der Waals surface area contributed by atoms with Gasteiger partial charge in [-0.1, -0.05) is 19.4 Å². The molecule has 0 aromatic heterocycles. The Morgan fingerprint density at radius 2 is 1.76 bits per heavy atom. The van der Waals surface area contributed by atoms with Gasteiger partial charge < -0.3 is 14.2 Å². The Balaban J connectivity index is 4.38. The number of esters is 1. The second-order valence-electron chi connectivity index (χ2n) is 3.19. The van der Waals surface area contributed by atoms with Crippen LogP contribution in [0.1, 0.15) is 33.6 Å². The van der Waals surface area contributed by atoms with Gasteiger partial charge in [0.1, 0.15) is 0 Å². The van der Waals surface area contributed by atoms with Crippen molar-refractivity contribution < 1.29 is 23.8 Å². The van der Waals surface area contributed by atoms with Crippen LogP contribution in [0.15, 0.2) is 12.2 Å². The third kappa shape index (κ3) is 7.38. The van der Waals surface area contributed by atoms with Crippen LogP contribution in [-0.4, -0.2) is 31.4 Å². The Labute approximate surface area is 102 Å². The monoisotopic (exact) mass is 244 g/mol. The molecule has 17 heavy (non-hydrogen) atoms. The summed E-state index contributed by atoms with van der Waals surface area (Å²) in [7, 11) is 0. The molecule has 0 N–H and O–H groups in total. The Morgan fingerprint density at radius 3 is 2.29 bits per heavy atom. The number of unbranched alkanes of at least 4 members (excludes halogenated alkanes) is 1. The van der Waals surface area contributed by atoms with E-state index >= 15 is 0 Å². The molecule has 0 fully saturated rings. The maximum Gasteiger partial charge on any atom is 0.509 e. The van der Waals surface area contributed by atoms with Crippen LogP contribution in [0.25, 0.3) is 0 Å². The number of carbonyl (C=O) groups excluding carboxylic acids is 2. The minimum Gasteiger partial charge on any atom is -0.463 e. The van der Waals surface area contributed by atoms with E-state index in [9.17, 15) is 9.59 Å². The number of allylic oxidation sites excluding steroid dienone is 1. The summed E-state index contributed by atoms with van der Waals surface area (Å²) in [6, 6.07) is 0. The number of ether oxygens (including phenoxy) is 3. The van der Waals surface area contributed by atoms with Gasteiger partial charge in [-0.25, -0.2) is 9.59 Å². The molecular weight excluding hydrogens is 224 g/mol. The highest BCUT2D eigenvalue weighted by Gasteiger charge is 2.21. The van der Waals surface area contributed by atoms with Gasteiger partial charge in [-0.05, 0) is 26.3 Å². The van der Waals surface area contributed by atoms with Crippen LogP contribution in [0, 0.1) is 0 Å². The largest absolute Gasteiger partial charge is 0.509 e. The van der Waals surface area contributed by atoms with Gasteiger partial charge in [0, 0.05) is 0 Å². The maximum atomic E-state index is 11.5. The molecule has 0 aliphatic carbocycles. The SMILES string of the molecule is CCC/C=C/[C@@H](OC(=O)OCC)C(=O)OCC. The summed E-state index contributed by atoms with van der Waals surface area (Å²) < 4.78 is 14.2. The van der Waals surface area contributed by atoms with E-state index in [1.807, 2.05) is 6.92 Å². The van der Waals surface area contributed by atoms with Gasteiger partial charge in [0.2, 0.25) is 6.10 Å². The zero-order valence-electron chi connectivity index (χ0n) is 10.6. The highest BCUT2D eigenvalue weighted by molar-refractivity contribution is 5.79. The molecule has 5 heteroatoms. The zero-order chi connectivity index (χ0) is 13.1. The second-order valence-corrected chi connectivity index (χ2v) is 3.19. The lowest BCUT2D eigenvalue weighted by atomic mass is 10.2. The fraction of sp³-hybridized carbons (Fsp3) is 0.667. The van der Waals surface area contributed by atoms with E-state index in [1.165, 1.54) is 6.08 Å². The van der Waals surface area contributed by atoms with E-state index in [-0.39, 0.29) is 13.2 Å². The second kappa shape index (κ2) is 9.69. The first-order valence-corrected chi connectivity index (χ1v) is 5.82. The Hall–Kier alpha value is -1.52. The van der Waals surface area contributed by atoms with Crippen molar-refractivity contribution >= 4 is 12.1 Å². The summed E-state index contributed by atoms with van der Waals surface area (Å²) in [5, 5.41) is 0. The molecule has 0 spiro atoms. The molecule has 0 rings (SSSR count). The molecule has 1 atom stereocenters. The molecule has 0 bridgehead atoms. The maximum absolute atomic E-state index is 11.5. The lowest BCUT2D eigenvalue weighted by Gasteiger charge is -2.12. The smallest absolute Gasteiger partial charge is 0.463 e. The van der Waals surface area contributed by atoms with E-state index in [0.717, 1.165) is 12.8 Å². The van der Waals surface area contributed by atoms with E-state index in [0.29, 0.717) is 0 Å². The van der Waals surface area contributed by atoms with Crippen LogP contribution >= 0.6 is 0 Å². The molecule has 0 aromatic carbocycles. The quantitative estimate of drug-likeness (QED) is 0.508. The fourth-order valence-electron chi connectivity index (χ4n) is 1.03. The minimum absolute atomic E-state index is 0.201. The molecule has 98 valence electrons. The van der Waals surface area contributed by atoms with Gasteiger partial charge in [0.15, 0.2) is 0 Å². The van der Waals surface area contributed by atoms with Gasteiger partial charge in [-0.3, -0.25) is 0 Å². The molecule has 0 radical (unpaired) electrons. The topological polar surface area (TPSA) is 61.8 Å². The van der Waals surface area contributed by atoms with Crippen molar-refractivity contribution in [2.24, 2.45) is 0 Å². The first kappa shape index (κ1) is 15.5. The highest BCUT2D eigenvalue weighted by Crippen LogP contribution is 2.03. The molecule has 0 unspecified atom stereocenters. The molecule has 0 saturated carbocycles. The van der Waals surface area contributed by atoms with Crippen LogP contribution < -0.4 is 0 Å². The van der Waals surface area contributed by atoms with Gasteiger partial charge in [0.25, 0.3) is 0 Å². The molecule has 0 heterocycles. The Morgan fingerprint density at radius 1 is 1.12 bits per heavy atom. The van der Waals surface area contributed by atoms with Gasteiger partial charge in [0.05, 0.1) is 13.2 Å². The van der Waals surface area contributed by atoms with E-state index in [4.69, 9.17) is 9.47 Å². The molecular formula is C12H20O5. The summed E-state index contributed by atoms with van der Waals surface area (Å²) in [5.41, 5.74) is 0. The summed E-state index contributed by atoms with van der Waals surface area (Å²) in [6.07, 6.45) is 3.15. The van der Waals surface area contributed by atoms with Crippen molar-refractivity contribution in [2.75, 3.05) is 13.2 Å². The third-order valence-corrected chi connectivity index (χ3v) is 1.77. The van der Waals surface area contributed by atoms with Crippen molar-refractivity contribution in [3.05, 3.63) is 12.2 Å². The van der Waals surface area contributed by atoms with E-state index < -0.39 is 18.2 Å². The van der Waals surface area contributed by atoms with E-state index in [1.54, 1.807) is 19.9 Å². The number of hydrogen-bond donors (Lipinski definition) is 0. The van der Waals surface area contributed by atoms with Crippen LogP contribution in [-0.2, 0) is 19.0 Å². The summed E-state index contributed by atoms with van der Waals surface area (Å²) in [5.74, 6) is -0.590. The van der Waals surface area contributed by atoms with Gasteiger partial charge in [-0.2, -0.15) is 0 Å². The normalized spacial score (nSPS) is 12.2. The lowest BCUT2D eigenvalue weighted by Crippen LogP contribution is -2.27. The van der Waals surface area contributed by atoms with Crippen molar-refractivity contribution in [1.29, 1.82) is 0 Å². The molecule has 0 aliphatic heterocycles. The van der Waals surface area contributed by atoms with Crippen LogP contribution in [0.4, 0.5) is 4.79 Å². The molecule has 5 nitrogen and oxygen atoms in total. The average molecular weight is 244 g/mol. The predicted molar refractivity (Wildman–Crippen MR) is 62.6 cm³/mol. The first-order chi connectivity index (χ1) is 8.15. The summed E-state index contributed by atoms with van der Waals surface area (Å²) >= 11 is 0. The molecule has 0 amide bonds. The van der Waals surface area contributed by atoms with Crippen molar-refractivity contribution in [2.45, 2.75) is 39.7 Å². The Bertz CT molecular complexity index is 260. The van der Waals surface area contributed by atoms with Gasteiger partial charge >= 0.3 is 12.1 Å². The highest BCUT2D eigenvalue weighted by atomic mass is 16.7. The van der Waals surface area contributed by atoms with E-state index in [2.05, 4.69) is 4.74 Å². The molecule has 0 aliphatic rings. The Kier molecular flexibility index (Phi) is 8.82. The third-order valence-electron chi connectivity index (χ3n) is 1.77. The minimum atomic E-state index is -1.03. The average Bonchev–Trinajstić information content (AvgIpc) is 2.28.